The van der Waals surface area contributed by atoms with Crippen LogP contribution in [0.4, 0.5) is 0 Å². The summed E-state index contributed by atoms with van der Waals surface area (Å²) in [5, 5.41) is 18.6. The number of hydrogen-bond acceptors (Lipinski definition) is 4. The van der Waals surface area contributed by atoms with E-state index in [1.807, 2.05) is 12.1 Å². The molecule has 1 saturated heterocycles. The van der Waals surface area contributed by atoms with Crippen molar-refractivity contribution in [3.8, 4) is 5.75 Å². The Morgan fingerprint density at radius 3 is 2.30 bits per heavy atom. The number of benzene rings is 1. The van der Waals surface area contributed by atoms with E-state index in [0.29, 0.717) is 17.4 Å². The molecule has 150 valence electrons. The Labute approximate surface area is 168 Å². The van der Waals surface area contributed by atoms with Crippen molar-refractivity contribution in [2.45, 2.75) is 71.3 Å². The molecule has 3 N–H and O–H groups in total. The van der Waals surface area contributed by atoms with E-state index in [1.165, 1.54) is 0 Å². The van der Waals surface area contributed by atoms with Gasteiger partial charge in [0.15, 0.2) is 5.11 Å². The van der Waals surface area contributed by atoms with Crippen molar-refractivity contribution in [3.63, 3.8) is 0 Å². The zero-order valence-corrected chi connectivity index (χ0v) is 18.2. The lowest BCUT2D eigenvalue weighted by molar-refractivity contribution is 0.114. The zero-order chi connectivity index (χ0) is 20.2. The maximum absolute atomic E-state index is 10.8. The van der Waals surface area contributed by atoms with Gasteiger partial charge in [0, 0.05) is 24.3 Å². The molecule has 1 atom stereocenters. The first-order valence-electron chi connectivity index (χ1n) is 9.55. The number of phenolic OH excluding ortho intramolecular Hbond substituents is 1. The molecule has 2 rings (SSSR count). The number of ether oxygens (including phenoxy) is 1. The molecular formula is C21H33N3O2S. The Balaban J connectivity index is 2.10. The molecule has 0 radical (unpaired) electrons. The highest BCUT2D eigenvalue weighted by atomic mass is 32.1. The van der Waals surface area contributed by atoms with E-state index in [-0.39, 0.29) is 16.9 Å². The largest absolute Gasteiger partial charge is 0.507 e. The molecular weight excluding hydrogens is 358 g/mol. The van der Waals surface area contributed by atoms with E-state index in [0.717, 1.165) is 36.1 Å². The predicted molar refractivity (Wildman–Crippen MR) is 116 cm³/mol. The van der Waals surface area contributed by atoms with Gasteiger partial charge in [-0.3, -0.25) is 5.43 Å². The molecule has 1 fully saturated rings. The van der Waals surface area contributed by atoms with Gasteiger partial charge in [-0.15, -0.1) is 0 Å². The highest BCUT2D eigenvalue weighted by Crippen LogP contribution is 2.39. The normalized spacial score (nSPS) is 18.1. The van der Waals surface area contributed by atoms with E-state index in [9.17, 15) is 5.11 Å². The first-order chi connectivity index (χ1) is 12.5. The second-order valence-electron chi connectivity index (χ2n) is 9.18. The SMILES string of the molecule is CC(C)(C)c1cc(/C=N/NC(=S)NC[C@H]2CCCO2)cc(C(C)(C)C)c1O. The smallest absolute Gasteiger partial charge is 0.187 e. The Morgan fingerprint density at radius 1 is 1.22 bits per heavy atom. The summed E-state index contributed by atoms with van der Waals surface area (Å²) in [6.07, 6.45) is 4.15. The molecule has 27 heavy (non-hydrogen) atoms. The molecule has 0 aromatic heterocycles. The van der Waals surface area contributed by atoms with Gasteiger partial charge >= 0.3 is 0 Å². The second-order valence-corrected chi connectivity index (χ2v) is 9.59. The number of rotatable bonds is 4. The minimum absolute atomic E-state index is 0.167. The van der Waals surface area contributed by atoms with Crippen LogP contribution in [0, 0.1) is 0 Å². The topological polar surface area (TPSA) is 65.9 Å². The molecule has 1 aromatic carbocycles. The number of thiocarbonyl (C=S) groups is 1. The summed E-state index contributed by atoms with van der Waals surface area (Å²) >= 11 is 5.26. The van der Waals surface area contributed by atoms with Gasteiger partial charge in [-0.05, 0) is 53.6 Å². The number of hydrazone groups is 1. The van der Waals surface area contributed by atoms with E-state index in [2.05, 4.69) is 57.4 Å². The van der Waals surface area contributed by atoms with Gasteiger partial charge in [0.2, 0.25) is 0 Å². The average Bonchev–Trinajstić information content (AvgIpc) is 3.05. The number of aromatic hydroxyl groups is 1. The summed E-state index contributed by atoms with van der Waals surface area (Å²) in [5.41, 5.74) is 5.28. The molecule has 0 amide bonds. The van der Waals surface area contributed by atoms with Gasteiger partial charge in [0.05, 0.1) is 12.3 Å². The quantitative estimate of drug-likeness (QED) is 0.412. The Bertz CT molecular complexity index is 661. The first kappa shape index (κ1) is 21.6. The van der Waals surface area contributed by atoms with E-state index < -0.39 is 0 Å². The highest BCUT2D eigenvalue weighted by Gasteiger charge is 2.26. The Kier molecular flexibility index (Phi) is 6.87. The van der Waals surface area contributed by atoms with Crippen molar-refractivity contribution in [2.24, 2.45) is 5.10 Å². The number of hydrogen-bond donors (Lipinski definition) is 3. The molecule has 0 aliphatic carbocycles. The van der Waals surface area contributed by atoms with Gasteiger partial charge < -0.3 is 15.2 Å². The number of phenols is 1. The molecule has 6 heteroatoms. The minimum atomic E-state index is -0.167. The lowest BCUT2D eigenvalue weighted by Crippen LogP contribution is -2.37. The van der Waals surface area contributed by atoms with Gasteiger partial charge in [-0.1, -0.05) is 41.5 Å². The molecule has 1 aromatic rings. The lowest BCUT2D eigenvalue weighted by atomic mass is 9.78. The average molecular weight is 392 g/mol. The van der Waals surface area contributed by atoms with Crippen LogP contribution in [0.3, 0.4) is 0 Å². The number of nitrogens with zero attached hydrogens (tertiary/aromatic N) is 1. The maximum Gasteiger partial charge on any atom is 0.187 e. The van der Waals surface area contributed by atoms with Crippen LogP contribution in [0.2, 0.25) is 0 Å². The lowest BCUT2D eigenvalue weighted by Gasteiger charge is -2.27. The van der Waals surface area contributed by atoms with Gasteiger partial charge in [0.25, 0.3) is 0 Å². The maximum atomic E-state index is 10.8. The zero-order valence-electron chi connectivity index (χ0n) is 17.3. The van der Waals surface area contributed by atoms with Crippen LogP contribution < -0.4 is 10.7 Å². The molecule has 0 bridgehead atoms. The summed E-state index contributed by atoms with van der Waals surface area (Å²) in [6.45, 7) is 14.1. The molecule has 1 aliphatic rings. The molecule has 5 nitrogen and oxygen atoms in total. The predicted octanol–water partition coefficient (Wildman–Crippen LogP) is 3.96. The Morgan fingerprint density at radius 2 is 1.81 bits per heavy atom. The summed E-state index contributed by atoms with van der Waals surface area (Å²) in [6, 6.07) is 3.97. The summed E-state index contributed by atoms with van der Waals surface area (Å²) < 4.78 is 5.57. The van der Waals surface area contributed by atoms with Crippen LogP contribution in [0.15, 0.2) is 17.2 Å². The van der Waals surface area contributed by atoms with E-state index in [4.69, 9.17) is 17.0 Å². The first-order valence-corrected chi connectivity index (χ1v) is 9.96. The van der Waals surface area contributed by atoms with E-state index >= 15 is 0 Å². The summed E-state index contributed by atoms with van der Waals surface area (Å²) in [5.74, 6) is 0.369. The van der Waals surface area contributed by atoms with Gasteiger partial charge in [-0.2, -0.15) is 5.10 Å². The molecule has 1 aliphatic heterocycles. The molecule has 0 unspecified atom stereocenters. The number of nitrogens with one attached hydrogen (secondary N) is 2. The third-order valence-electron chi connectivity index (χ3n) is 4.64. The van der Waals surface area contributed by atoms with Crippen molar-refractivity contribution in [1.82, 2.24) is 10.7 Å². The fraction of sp³-hybridized carbons (Fsp3) is 0.619. The minimum Gasteiger partial charge on any atom is -0.507 e. The summed E-state index contributed by atoms with van der Waals surface area (Å²) in [7, 11) is 0. The van der Waals surface area contributed by atoms with Crippen molar-refractivity contribution < 1.29 is 9.84 Å². The van der Waals surface area contributed by atoms with Crippen LogP contribution in [-0.2, 0) is 15.6 Å². The molecule has 0 spiro atoms. The monoisotopic (exact) mass is 391 g/mol. The van der Waals surface area contributed by atoms with Crippen LogP contribution >= 0.6 is 12.2 Å². The molecule has 1 heterocycles. The molecule has 0 saturated carbocycles. The third kappa shape index (κ3) is 6.18. The highest BCUT2D eigenvalue weighted by molar-refractivity contribution is 7.80. The third-order valence-corrected chi connectivity index (χ3v) is 4.88. The van der Waals surface area contributed by atoms with Gasteiger partial charge in [-0.25, -0.2) is 0 Å². The summed E-state index contributed by atoms with van der Waals surface area (Å²) in [4.78, 5) is 0. The van der Waals surface area contributed by atoms with Crippen molar-refractivity contribution >= 4 is 23.5 Å². The van der Waals surface area contributed by atoms with Gasteiger partial charge in [0.1, 0.15) is 5.75 Å². The van der Waals surface area contributed by atoms with Crippen LogP contribution in [0.25, 0.3) is 0 Å². The fourth-order valence-corrected chi connectivity index (χ4v) is 3.23. The van der Waals surface area contributed by atoms with Crippen LogP contribution in [0.5, 0.6) is 5.75 Å². The fourth-order valence-electron chi connectivity index (χ4n) is 3.09. The Hall–Kier alpha value is -1.66. The standard InChI is InChI=1S/C21H33N3O2S/c1-20(2,3)16-10-14(11-17(18(16)25)21(4,5)6)12-23-24-19(27)22-13-15-8-7-9-26-15/h10-12,15,25H,7-9,13H2,1-6H3,(H2,22,24,27)/b23-12+/t15-/m1/s1. The second kappa shape index (κ2) is 8.57. The van der Waals surface area contributed by atoms with Crippen LogP contribution in [0.1, 0.15) is 71.1 Å². The van der Waals surface area contributed by atoms with Crippen molar-refractivity contribution in [1.29, 1.82) is 0 Å². The van der Waals surface area contributed by atoms with E-state index in [1.54, 1.807) is 6.21 Å². The van der Waals surface area contributed by atoms with Crippen molar-refractivity contribution in [3.05, 3.63) is 28.8 Å². The van der Waals surface area contributed by atoms with Crippen LogP contribution in [-0.4, -0.2) is 35.7 Å². The van der Waals surface area contributed by atoms with Crippen molar-refractivity contribution in [2.75, 3.05) is 13.2 Å².